The van der Waals surface area contributed by atoms with Crippen LogP contribution in [0.1, 0.15) is 38.8 Å². The zero-order chi connectivity index (χ0) is 39.3. The first-order valence-corrected chi connectivity index (χ1v) is 17.8. The largest absolute Gasteiger partial charge is 0.472 e. The van der Waals surface area contributed by atoms with E-state index < -0.39 is 43.4 Å². The predicted molar refractivity (Wildman–Crippen MR) is 207 cm³/mol. The second-order valence-electron chi connectivity index (χ2n) is 10.1. The van der Waals surface area contributed by atoms with Gasteiger partial charge in [-0.2, -0.15) is 0 Å². The number of nitrogens with zero attached hydrogens (tertiary/aromatic N) is 1. The second kappa shape index (κ2) is 26.5. The Labute approximate surface area is 320 Å². The third-order valence-electron chi connectivity index (χ3n) is 6.49. The van der Waals surface area contributed by atoms with Crippen molar-refractivity contribution < 1.29 is 28.0 Å². The number of ether oxygens (including phenoxy) is 2. The van der Waals surface area contributed by atoms with Crippen LogP contribution >= 0.6 is 20.0 Å². The van der Waals surface area contributed by atoms with Crippen LogP contribution in [-0.4, -0.2) is 59.1 Å². The minimum absolute atomic E-state index is 0.0221. The van der Waals surface area contributed by atoms with Gasteiger partial charge in [0.25, 0.3) is 5.56 Å². The fourth-order valence-corrected chi connectivity index (χ4v) is 5.11. The van der Waals surface area contributed by atoms with Gasteiger partial charge in [0.15, 0.2) is 5.11 Å². The van der Waals surface area contributed by atoms with Crippen molar-refractivity contribution >= 4 is 25.2 Å². The Morgan fingerprint density at radius 2 is 1.50 bits per heavy atom. The highest BCUT2D eigenvalue weighted by Crippen LogP contribution is 2.50. The molecule has 1 fully saturated rings. The zero-order valence-corrected chi connectivity index (χ0v) is 31.2. The van der Waals surface area contributed by atoms with Crippen molar-refractivity contribution in [2.75, 3.05) is 27.4 Å². The molecule has 0 radical (unpaired) electrons. The normalized spacial score (nSPS) is 16.7. The number of nitrogens with one attached hydrogen (secondary N) is 3. The zero-order valence-electron chi connectivity index (χ0n) is 29.5. The number of phosphoric acid groups is 1. The van der Waals surface area contributed by atoms with E-state index in [9.17, 15) is 19.0 Å². The van der Waals surface area contributed by atoms with Gasteiger partial charge in [0, 0.05) is 104 Å². The minimum Gasteiger partial charge on any atom is -0.382 e. The van der Waals surface area contributed by atoms with Gasteiger partial charge in [0.1, 0.15) is 18.4 Å². The number of methoxy groups -OCH3 is 1. The summed E-state index contributed by atoms with van der Waals surface area (Å²) in [5.74, 6) is 47.5. The van der Waals surface area contributed by atoms with Crippen molar-refractivity contribution in [3.05, 3.63) is 45.3 Å². The van der Waals surface area contributed by atoms with Crippen LogP contribution in [-0.2, 0) is 23.1 Å². The van der Waals surface area contributed by atoms with Crippen molar-refractivity contribution in [2.45, 2.75) is 51.0 Å². The van der Waals surface area contributed by atoms with E-state index in [0.29, 0.717) is 18.1 Å². The Morgan fingerprint density at radius 3 is 2.04 bits per heavy atom. The average molecular weight is 761 g/mol. The Hall–Kier alpha value is -6.26. The molecule has 1 aliphatic heterocycles. The maximum atomic E-state index is 12.6. The van der Waals surface area contributed by atoms with E-state index in [1.165, 1.54) is 23.9 Å². The van der Waals surface area contributed by atoms with Crippen molar-refractivity contribution in [1.82, 2.24) is 20.2 Å². The van der Waals surface area contributed by atoms with Gasteiger partial charge >= 0.3 is 13.5 Å². The molecule has 0 aliphatic carbocycles. The highest BCUT2D eigenvalue weighted by Gasteiger charge is 2.48. The predicted octanol–water partition coefficient (Wildman–Crippen LogP) is 1.42. The van der Waals surface area contributed by atoms with E-state index in [0.717, 1.165) is 26.4 Å². The van der Waals surface area contributed by atoms with Gasteiger partial charge in [-0.1, -0.05) is 18.1 Å². The van der Waals surface area contributed by atoms with E-state index >= 15 is 0 Å². The van der Waals surface area contributed by atoms with Crippen molar-refractivity contribution in [3.63, 3.8) is 0 Å². The SMILES string of the molecule is CC#CC#CC#CC#CC#CC#CC#CC#CC#CC#CNC(=S)NCCCC/C=C/C[C@H]1C(OP(=O)(O)OC)[C@@H](COC)O[C@H]1n1ccc(=O)[nH]c1=O. The second-order valence-corrected chi connectivity index (χ2v) is 12.1. The molecule has 0 aromatic carbocycles. The van der Waals surface area contributed by atoms with E-state index in [1.807, 2.05) is 12.2 Å². The van der Waals surface area contributed by atoms with Gasteiger partial charge in [-0.3, -0.25) is 28.7 Å². The molecular formula is C40H33N4O8PS. The highest BCUT2D eigenvalue weighted by molar-refractivity contribution is 7.80. The smallest absolute Gasteiger partial charge is 0.382 e. The summed E-state index contributed by atoms with van der Waals surface area (Å²) in [4.78, 5) is 36.5. The van der Waals surface area contributed by atoms with Crippen LogP contribution in [0.4, 0.5) is 0 Å². The van der Waals surface area contributed by atoms with Crippen LogP contribution < -0.4 is 21.9 Å². The first-order chi connectivity index (χ1) is 26.2. The van der Waals surface area contributed by atoms with E-state index in [-0.39, 0.29) is 6.61 Å². The number of hydrogen-bond donors (Lipinski definition) is 4. The summed E-state index contributed by atoms with van der Waals surface area (Å²) in [6.07, 6.45) is 5.15. The lowest BCUT2D eigenvalue weighted by Crippen LogP contribution is -2.35. The van der Waals surface area contributed by atoms with Gasteiger partial charge in [-0.05, 0) is 92.2 Å². The van der Waals surface area contributed by atoms with Gasteiger partial charge in [-0.25, -0.2) is 9.36 Å². The molecule has 0 saturated carbocycles. The number of hydrogen-bond acceptors (Lipinski definition) is 8. The molecule has 1 aromatic heterocycles. The quantitative estimate of drug-likeness (QED) is 0.0577. The molecule has 1 saturated heterocycles. The molecule has 4 N–H and O–H groups in total. The van der Waals surface area contributed by atoms with Gasteiger partial charge < -0.3 is 19.7 Å². The number of H-pyrrole nitrogens is 1. The van der Waals surface area contributed by atoms with Crippen LogP contribution in [0.2, 0.25) is 0 Å². The Balaban J connectivity index is 1.77. The fraction of sp³-hybridized carbons (Fsp3) is 0.325. The van der Waals surface area contributed by atoms with Crippen molar-refractivity contribution in [1.29, 1.82) is 0 Å². The lowest BCUT2D eigenvalue weighted by atomic mass is 9.95. The van der Waals surface area contributed by atoms with Crippen LogP contribution in [0, 0.1) is 124 Å². The molecule has 12 nitrogen and oxygen atoms in total. The monoisotopic (exact) mass is 760 g/mol. The molecule has 0 amide bonds. The number of rotatable bonds is 13. The summed E-state index contributed by atoms with van der Waals surface area (Å²) >= 11 is 5.21. The molecule has 0 bridgehead atoms. The average Bonchev–Trinajstić information content (AvgIpc) is 3.46. The maximum absolute atomic E-state index is 12.6. The standard InChI is InChI=1S/C40H33N4O8PS/c1-4-5-6-7-8-9-10-11-12-13-14-15-16-17-18-19-20-23-26-30-41-39(54)42-31-27-24-21-22-25-28-34-37(52-53(47,48)50-3)35(33-49-2)51-38(34)44-32-29-36(45)43-40(44)46/h22,25,29,32,34-35,37-38H,21,24,27-28,31,33H2,1-3H3,(H,47,48)(H2,41,42,54)(H,43,45,46)/b25-22+/t34-,35+,37?,38+/m0/s1. The maximum Gasteiger partial charge on any atom is 0.472 e. The van der Waals surface area contributed by atoms with Crippen LogP contribution in [0.15, 0.2) is 34.0 Å². The molecule has 5 atom stereocenters. The molecular weight excluding hydrogens is 728 g/mol. The summed E-state index contributed by atoms with van der Waals surface area (Å²) in [6.45, 7) is 2.31. The number of allylic oxidation sites excluding steroid dienone is 2. The molecule has 2 rings (SSSR count). The molecule has 0 spiro atoms. The molecule has 2 heterocycles. The number of aromatic nitrogens is 2. The first-order valence-electron chi connectivity index (χ1n) is 15.9. The molecule has 54 heavy (non-hydrogen) atoms. The van der Waals surface area contributed by atoms with E-state index in [2.05, 4.69) is 139 Å². The molecule has 2 unspecified atom stereocenters. The molecule has 14 heteroatoms. The molecule has 272 valence electrons. The highest BCUT2D eigenvalue weighted by atomic mass is 32.1. The Kier molecular flexibility index (Phi) is 21.5. The van der Waals surface area contributed by atoms with Crippen LogP contribution in [0.5, 0.6) is 0 Å². The van der Waals surface area contributed by atoms with Crippen molar-refractivity contribution in [3.8, 4) is 119 Å². The minimum atomic E-state index is -4.42. The summed E-state index contributed by atoms with van der Waals surface area (Å²) in [5.41, 5.74) is -1.26. The summed E-state index contributed by atoms with van der Waals surface area (Å²) in [5, 5.41) is 6.13. The van der Waals surface area contributed by atoms with Crippen LogP contribution in [0.25, 0.3) is 0 Å². The number of phosphoric ester groups is 1. The molecule has 1 aromatic rings. The Morgan fingerprint density at radius 1 is 0.926 bits per heavy atom. The van der Waals surface area contributed by atoms with Gasteiger partial charge in [-0.15, -0.1) is 0 Å². The third kappa shape index (κ3) is 18.3. The lowest BCUT2D eigenvalue weighted by molar-refractivity contribution is -0.0561. The van der Waals surface area contributed by atoms with E-state index in [4.69, 9.17) is 26.2 Å². The van der Waals surface area contributed by atoms with Crippen molar-refractivity contribution in [2.24, 2.45) is 5.92 Å². The third-order valence-corrected chi connectivity index (χ3v) is 7.71. The van der Waals surface area contributed by atoms with Gasteiger partial charge in [0.2, 0.25) is 0 Å². The summed E-state index contributed by atoms with van der Waals surface area (Å²) in [7, 11) is -1.92. The topological polar surface area (TPSA) is 153 Å². The fourth-order valence-electron chi connectivity index (χ4n) is 4.27. The Bertz CT molecular complexity index is 2360. The number of aromatic amines is 1. The molecule has 1 aliphatic rings. The summed E-state index contributed by atoms with van der Waals surface area (Å²) in [6, 6.07) is 3.81. The van der Waals surface area contributed by atoms with Crippen LogP contribution in [0.3, 0.4) is 0 Å². The number of thiocarbonyl (C=S) groups is 1. The van der Waals surface area contributed by atoms with Gasteiger partial charge in [0.05, 0.1) is 6.61 Å². The summed E-state index contributed by atoms with van der Waals surface area (Å²) < 4.78 is 34.9. The van der Waals surface area contributed by atoms with E-state index in [1.54, 1.807) is 6.92 Å². The lowest BCUT2D eigenvalue weighted by Gasteiger charge is -2.25. The number of unbranched alkanes of at least 4 members (excludes halogenated alkanes) is 2. The first kappa shape index (κ1) is 43.9.